The number of benzene rings is 1. The first kappa shape index (κ1) is 13.7. The topological polar surface area (TPSA) is 55.3 Å². The summed E-state index contributed by atoms with van der Waals surface area (Å²) < 4.78 is 7.40. The van der Waals surface area contributed by atoms with Gasteiger partial charge in [0, 0.05) is 24.1 Å². The van der Waals surface area contributed by atoms with Gasteiger partial charge in [-0.05, 0) is 43.7 Å². The normalized spacial score (nSPS) is 17.7. The molecule has 0 aliphatic carbocycles. The minimum absolute atomic E-state index is 0.0169. The maximum atomic E-state index is 12.1. The van der Waals surface area contributed by atoms with Gasteiger partial charge in [0.1, 0.15) is 5.75 Å². The van der Waals surface area contributed by atoms with Crippen LogP contribution in [0.25, 0.3) is 5.69 Å². The van der Waals surface area contributed by atoms with Gasteiger partial charge in [0.2, 0.25) is 5.91 Å². The van der Waals surface area contributed by atoms with Crippen molar-refractivity contribution in [1.82, 2.24) is 9.88 Å². The van der Waals surface area contributed by atoms with Gasteiger partial charge in [-0.3, -0.25) is 4.79 Å². The fourth-order valence-corrected chi connectivity index (χ4v) is 2.60. The molecule has 110 valence electrons. The van der Waals surface area contributed by atoms with Crippen LogP contribution < -0.4 is 15.4 Å². The van der Waals surface area contributed by atoms with E-state index in [4.69, 9.17) is 4.74 Å². The summed E-state index contributed by atoms with van der Waals surface area (Å²) >= 11 is 0. The Morgan fingerprint density at radius 2 is 2.19 bits per heavy atom. The van der Waals surface area contributed by atoms with Crippen molar-refractivity contribution in [3.8, 4) is 11.4 Å². The van der Waals surface area contributed by atoms with Crippen LogP contribution in [0.15, 0.2) is 42.7 Å². The molecule has 1 aliphatic heterocycles. The van der Waals surface area contributed by atoms with Gasteiger partial charge in [0.25, 0.3) is 0 Å². The summed E-state index contributed by atoms with van der Waals surface area (Å²) in [5, 5.41) is 6.13. The molecule has 1 aromatic heterocycles. The highest BCUT2D eigenvalue weighted by atomic mass is 16.5. The van der Waals surface area contributed by atoms with E-state index >= 15 is 0 Å². The Morgan fingerprint density at radius 3 is 2.86 bits per heavy atom. The van der Waals surface area contributed by atoms with Crippen LogP contribution in [0.4, 0.5) is 5.69 Å². The van der Waals surface area contributed by atoms with Crippen LogP contribution >= 0.6 is 0 Å². The Morgan fingerprint density at radius 1 is 1.38 bits per heavy atom. The summed E-state index contributed by atoms with van der Waals surface area (Å²) in [4.78, 5) is 12.1. The third-order valence-electron chi connectivity index (χ3n) is 3.71. The van der Waals surface area contributed by atoms with E-state index in [9.17, 15) is 4.79 Å². The number of anilines is 1. The Kier molecular flexibility index (Phi) is 3.92. The number of methoxy groups -OCH3 is 1. The van der Waals surface area contributed by atoms with Gasteiger partial charge in [0.15, 0.2) is 0 Å². The molecular weight excluding hydrogens is 266 g/mol. The van der Waals surface area contributed by atoms with Crippen LogP contribution in [0.3, 0.4) is 0 Å². The van der Waals surface area contributed by atoms with E-state index in [0.717, 1.165) is 36.5 Å². The van der Waals surface area contributed by atoms with Gasteiger partial charge in [-0.25, -0.2) is 0 Å². The monoisotopic (exact) mass is 285 g/mol. The number of hydrogen-bond acceptors (Lipinski definition) is 3. The number of carbonyl (C=O) groups excluding carboxylic acids is 1. The fraction of sp³-hybridized carbons (Fsp3) is 0.312. The molecule has 0 spiro atoms. The smallest absolute Gasteiger partial charge is 0.241 e. The van der Waals surface area contributed by atoms with Crippen LogP contribution in [-0.2, 0) is 4.79 Å². The number of amides is 1. The maximum Gasteiger partial charge on any atom is 0.241 e. The van der Waals surface area contributed by atoms with Gasteiger partial charge in [-0.1, -0.05) is 0 Å². The van der Waals surface area contributed by atoms with Gasteiger partial charge in [-0.2, -0.15) is 0 Å². The first-order chi connectivity index (χ1) is 10.3. The molecule has 2 aromatic rings. The number of ether oxygens (including phenoxy) is 1. The Balaban J connectivity index is 1.79. The lowest BCUT2D eigenvalue weighted by Crippen LogP contribution is -2.35. The minimum Gasteiger partial charge on any atom is -0.494 e. The standard InChI is InChI=1S/C16H19N3O2/c1-21-15-11-12(18-16(20)13-5-4-8-17-13)6-7-14(15)19-9-2-3-10-19/h2-3,6-7,9-11,13,17H,4-5,8H2,1H3,(H,18,20). The summed E-state index contributed by atoms with van der Waals surface area (Å²) in [5.74, 6) is 0.742. The lowest BCUT2D eigenvalue weighted by Gasteiger charge is -2.14. The van der Waals surface area contributed by atoms with E-state index in [-0.39, 0.29) is 11.9 Å². The summed E-state index contributed by atoms with van der Waals surface area (Å²) in [6.45, 7) is 0.911. The molecule has 5 nitrogen and oxygen atoms in total. The van der Waals surface area contributed by atoms with Crippen molar-refractivity contribution in [3.05, 3.63) is 42.7 Å². The van der Waals surface area contributed by atoms with Crippen molar-refractivity contribution in [2.75, 3.05) is 19.0 Å². The van der Waals surface area contributed by atoms with E-state index in [1.807, 2.05) is 47.3 Å². The maximum absolute atomic E-state index is 12.1. The van der Waals surface area contributed by atoms with E-state index < -0.39 is 0 Å². The summed E-state index contributed by atoms with van der Waals surface area (Å²) in [7, 11) is 1.63. The molecule has 1 amide bonds. The van der Waals surface area contributed by atoms with Gasteiger partial charge < -0.3 is 19.9 Å². The third kappa shape index (κ3) is 2.92. The molecule has 1 aliphatic rings. The second-order valence-electron chi connectivity index (χ2n) is 5.12. The number of nitrogens with one attached hydrogen (secondary N) is 2. The second kappa shape index (κ2) is 6.01. The largest absolute Gasteiger partial charge is 0.494 e. The van der Waals surface area contributed by atoms with Crippen LogP contribution in [-0.4, -0.2) is 30.2 Å². The van der Waals surface area contributed by atoms with Crippen molar-refractivity contribution in [2.24, 2.45) is 0 Å². The summed E-state index contributed by atoms with van der Waals surface area (Å²) in [6, 6.07) is 9.52. The number of aromatic nitrogens is 1. The quantitative estimate of drug-likeness (QED) is 0.905. The molecule has 1 saturated heterocycles. The highest BCUT2D eigenvalue weighted by Crippen LogP contribution is 2.27. The first-order valence-corrected chi connectivity index (χ1v) is 7.13. The zero-order valence-electron chi connectivity index (χ0n) is 12.0. The molecule has 1 aromatic carbocycles. The van der Waals surface area contributed by atoms with E-state index in [1.54, 1.807) is 7.11 Å². The predicted octanol–water partition coefficient (Wildman–Crippen LogP) is 2.18. The highest BCUT2D eigenvalue weighted by Gasteiger charge is 2.22. The van der Waals surface area contributed by atoms with Crippen molar-refractivity contribution in [1.29, 1.82) is 0 Å². The zero-order chi connectivity index (χ0) is 14.7. The van der Waals surface area contributed by atoms with Gasteiger partial charge in [0.05, 0.1) is 18.8 Å². The molecule has 0 radical (unpaired) electrons. The lowest BCUT2D eigenvalue weighted by molar-refractivity contribution is -0.117. The summed E-state index contributed by atoms with van der Waals surface area (Å²) in [6.07, 6.45) is 5.86. The molecule has 2 heterocycles. The third-order valence-corrected chi connectivity index (χ3v) is 3.71. The van der Waals surface area contributed by atoms with Crippen molar-refractivity contribution in [2.45, 2.75) is 18.9 Å². The van der Waals surface area contributed by atoms with Crippen molar-refractivity contribution in [3.63, 3.8) is 0 Å². The SMILES string of the molecule is COc1cc(NC(=O)C2CCCN2)ccc1-n1cccc1. The highest BCUT2D eigenvalue weighted by molar-refractivity contribution is 5.95. The molecule has 5 heteroatoms. The average molecular weight is 285 g/mol. The van der Waals surface area contributed by atoms with E-state index in [1.165, 1.54) is 0 Å². The molecule has 3 rings (SSSR count). The Bertz CT molecular complexity index is 616. The first-order valence-electron chi connectivity index (χ1n) is 7.13. The number of rotatable bonds is 4. The van der Waals surface area contributed by atoms with E-state index in [2.05, 4.69) is 10.6 Å². The van der Waals surface area contributed by atoms with Crippen molar-refractivity contribution < 1.29 is 9.53 Å². The molecule has 1 fully saturated rings. The zero-order valence-corrected chi connectivity index (χ0v) is 12.0. The molecular formula is C16H19N3O2. The molecule has 0 bridgehead atoms. The number of carbonyl (C=O) groups is 1. The van der Waals surface area contributed by atoms with Crippen LogP contribution in [0, 0.1) is 0 Å². The molecule has 1 unspecified atom stereocenters. The number of nitrogens with zero attached hydrogens (tertiary/aromatic N) is 1. The fourth-order valence-electron chi connectivity index (χ4n) is 2.60. The average Bonchev–Trinajstić information content (AvgIpc) is 3.20. The lowest BCUT2D eigenvalue weighted by atomic mass is 10.2. The predicted molar refractivity (Wildman–Crippen MR) is 82.0 cm³/mol. The Hall–Kier alpha value is -2.27. The summed E-state index contributed by atoms with van der Waals surface area (Å²) in [5.41, 5.74) is 1.70. The second-order valence-corrected chi connectivity index (χ2v) is 5.12. The molecule has 0 saturated carbocycles. The van der Waals surface area contributed by atoms with Gasteiger partial charge >= 0.3 is 0 Å². The van der Waals surface area contributed by atoms with Crippen LogP contribution in [0.1, 0.15) is 12.8 Å². The molecule has 1 atom stereocenters. The number of hydrogen-bond donors (Lipinski definition) is 2. The minimum atomic E-state index is -0.0832. The van der Waals surface area contributed by atoms with Crippen LogP contribution in [0.2, 0.25) is 0 Å². The van der Waals surface area contributed by atoms with E-state index in [0.29, 0.717) is 0 Å². The van der Waals surface area contributed by atoms with Crippen molar-refractivity contribution >= 4 is 11.6 Å². The molecule has 2 N–H and O–H groups in total. The van der Waals surface area contributed by atoms with Crippen LogP contribution in [0.5, 0.6) is 5.75 Å². The molecule has 21 heavy (non-hydrogen) atoms. The van der Waals surface area contributed by atoms with Gasteiger partial charge in [-0.15, -0.1) is 0 Å². The Labute approximate surface area is 123 Å².